The fourth-order valence-corrected chi connectivity index (χ4v) is 2.42. The Labute approximate surface area is 123 Å². The van der Waals surface area contributed by atoms with Crippen LogP contribution >= 0.6 is 23.2 Å². The molecule has 0 aromatic heterocycles. The highest BCUT2D eigenvalue weighted by atomic mass is 35.5. The van der Waals surface area contributed by atoms with Crippen LogP contribution in [0.5, 0.6) is 0 Å². The molecule has 0 aliphatic carbocycles. The SMILES string of the molecule is CC(C)(C)OC(=O)[C@H]1Cc2cc(Cl)c(Cl)cc2CN1. The predicted octanol–water partition coefficient (Wildman–Crippen LogP) is 3.35. The molecule has 2 rings (SSSR count). The Morgan fingerprint density at radius 1 is 1.26 bits per heavy atom. The summed E-state index contributed by atoms with van der Waals surface area (Å²) in [7, 11) is 0. The lowest BCUT2D eigenvalue weighted by molar-refractivity contribution is -0.157. The van der Waals surface area contributed by atoms with Gasteiger partial charge in [0, 0.05) is 6.54 Å². The van der Waals surface area contributed by atoms with Crippen molar-refractivity contribution < 1.29 is 9.53 Å². The quantitative estimate of drug-likeness (QED) is 0.809. The van der Waals surface area contributed by atoms with Crippen LogP contribution in [0.2, 0.25) is 10.0 Å². The molecule has 0 fully saturated rings. The fraction of sp³-hybridized carbons (Fsp3) is 0.500. The Kier molecular flexibility index (Phi) is 4.09. The van der Waals surface area contributed by atoms with Crippen LogP contribution in [0.25, 0.3) is 0 Å². The highest BCUT2D eigenvalue weighted by Crippen LogP contribution is 2.29. The Balaban J connectivity index is 2.14. The summed E-state index contributed by atoms with van der Waals surface area (Å²) in [5, 5.41) is 4.23. The molecule has 1 aliphatic heterocycles. The first-order chi connectivity index (χ1) is 8.76. The molecule has 3 nitrogen and oxygen atoms in total. The second-order valence-electron chi connectivity index (χ2n) is 5.71. The van der Waals surface area contributed by atoms with E-state index >= 15 is 0 Å². The van der Waals surface area contributed by atoms with Gasteiger partial charge in [0.05, 0.1) is 10.0 Å². The Morgan fingerprint density at radius 3 is 2.42 bits per heavy atom. The zero-order chi connectivity index (χ0) is 14.2. The van der Waals surface area contributed by atoms with Gasteiger partial charge in [0.15, 0.2) is 0 Å². The Hall–Kier alpha value is -0.770. The molecule has 19 heavy (non-hydrogen) atoms. The number of halogens is 2. The van der Waals surface area contributed by atoms with Crippen LogP contribution in [0.15, 0.2) is 12.1 Å². The van der Waals surface area contributed by atoms with Crippen molar-refractivity contribution in [3.63, 3.8) is 0 Å². The fourth-order valence-electron chi connectivity index (χ4n) is 2.05. The number of fused-ring (bicyclic) bond motifs is 1. The molecule has 1 heterocycles. The van der Waals surface area contributed by atoms with Gasteiger partial charge in [-0.1, -0.05) is 23.2 Å². The van der Waals surface area contributed by atoms with Crippen molar-refractivity contribution in [3.05, 3.63) is 33.3 Å². The first kappa shape index (κ1) is 14.6. The maximum atomic E-state index is 12.0. The van der Waals surface area contributed by atoms with E-state index in [9.17, 15) is 4.79 Å². The van der Waals surface area contributed by atoms with Crippen molar-refractivity contribution >= 4 is 29.2 Å². The molecular formula is C14H17Cl2NO2. The minimum absolute atomic E-state index is 0.232. The molecule has 0 saturated heterocycles. The molecule has 1 atom stereocenters. The molecular weight excluding hydrogens is 285 g/mol. The van der Waals surface area contributed by atoms with E-state index in [4.69, 9.17) is 27.9 Å². The van der Waals surface area contributed by atoms with Gasteiger partial charge in [-0.15, -0.1) is 0 Å². The summed E-state index contributed by atoms with van der Waals surface area (Å²) < 4.78 is 5.39. The molecule has 0 bridgehead atoms. The maximum Gasteiger partial charge on any atom is 0.324 e. The third kappa shape index (κ3) is 3.62. The van der Waals surface area contributed by atoms with Crippen molar-refractivity contribution in [1.82, 2.24) is 5.32 Å². The van der Waals surface area contributed by atoms with E-state index in [1.165, 1.54) is 0 Å². The Bertz CT molecular complexity index is 509. The van der Waals surface area contributed by atoms with E-state index in [1.807, 2.05) is 32.9 Å². The maximum absolute atomic E-state index is 12.0. The molecule has 0 unspecified atom stereocenters. The van der Waals surface area contributed by atoms with Crippen molar-refractivity contribution in [2.75, 3.05) is 0 Å². The molecule has 0 saturated carbocycles. The summed E-state index contributed by atoms with van der Waals surface area (Å²) in [6.07, 6.45) is 0.571. The molecule has 0 spiro atoms. The Morgan fingerprint density at radius 2 is 1.84 bits per heavy atom. The number of nitrogens with one attached hydrogen (secondary N) is 1. The van der Waals surface area contributed by atoms with E-state index in [2.05, 4.69) is 5.32 Å². The smallest absolute Gasteiger partial charge is 0.324 e. The van der Waals surface area contributed by atoms with Gasteiger partial charge < -0.3 is 10.1 Å². The van der Waals surface area contributed by atoms with Crippen LogP contribution in [-0.2, 0) is 22.5 Å². The zero-order valence-corrected chi connectivity index (χ0v) is 12.7. The largest absolute Gasteiger partial charge is 0.459 e. The summed E-state index contributed by atoms with van der Waals surface area (Å²) in [5.41, 5.74) is 1.65. The number of esters is 1. The number of hydrogen-bond donors (Lipinski definition) is 1. The molecule has 0 radical (unpaired) electrons. The van der Waals surface area contributed by atoms with Gasteiger partial charge in [-0.2, -0.15) is 0 Å². The lowest BCUT2D eigenvalue weighted by atomic mass is 9.96. The summed E-state index contributed by atoms with van der Waals surface area (Å²) in [4.78, 5) is 12.0. The predicted molar refractivity (Wildman–Crippen MR) is 76.6 cm³/mol. The monoisotopic (exact) mass is 301 g/mol. The van der Waals surface area contributed by atoms with Crippen LogP contribution in [0, 0.1) is 0 Å². The van der Waals surface area contributed by atoms with Crippen LogP contribution in [0.4, 0.5) is 0 Å². The first-order valence-corrected chi connectivity index (χ1v) is 6.95. The van der Waals surface area contributed by atoms with Gasteiger partial charge in [-0.05, 0) is 50.5 Å². The van der Waals surface area contributed by atoms with E-state index in [0.717, 1.165) is 11.1 Å². The number of carbonyl (C=O) groups is 1. The molecule has 104 valence electrons. The number of hydrogen-bond acceptors (Lipinski definition) is 3. The highest BCUT2D eigenvalue weighted by molar-refractivity contribution is 6.42. The van der Waals surface area contributed by atoms with Gasteiger partial charge in [0.2, 0.25) is 0 Å². The van der Waals surface area contributed by atoms with Crippen molar-refractivity contribution in [2.24, 2.45) is 0 Å². The van der Waals surface area contributed by atoms with Crippen LogP contribution in [0.3, 0.4) is 0 Å². The minimum atomic E-state index is -0.476. The summed E-state index contributed by atoms with van der Waals surface area (Å²) in [6, 6.07) is 3.35. The normalized spacial score (nSPS) is 18.9. The van der Waals surface area contributed by atoms with E-state index in [1.54, 1.807) is 0 Å². The number of carbonyl (C=O) groups excluding carboxylic acids is 1. The van der Waals surface area contributed by atoms with Gasteiger partial charge in [-0.25, -0.2) is 0 Å². The van der Waals surface area contributed by atoms with Crippen LogP contribution in [-0.4, -0.2) is 17.6 Å². The lowest BCUT2D eigenvalue weighted by Crippen LogP contribution is -2.45. The lowest BCUT2D eigenvalue weighted by Gasteiger charge is -2.28. The minimum Gasteiger partial charge on any atom is -0.459 e. The van der Waals surface area contributed by atoms with E-state index in [-0.39, 0.29) is 12.0 Å². The van der Waals surface area contributed by atoms with Crippen molar-refractivity contribution in [1.29, 1.82) is 0 Å². The summed E-state index contributed by atoms with van der Waals surface area (Å²) in [5.74, 6) is -0.232. The second-order valence-corrected chi connectivity index (χ2v) is 6.52. The van der Waals surface area contributed by atoms with E-state index in [0.29, 0.717) is 23.0 Å². The third-order valence-electron chi connectivity index (χ3n) is 2.90. The van der Waals surface area contributed by atoms with E-state index < -0.39 is 5.60 Å². The van der Waals surface area contributed by atoms with Crippen LogP contribution < -0.4 is 5.32 Å². The van der Waals surface area contributed by atoms with Gasteiger partial charge in [-0.3, -0.25) is 4.79 Å². The molecule has 1 aliphatic rings. The zero-order valence-electron chi connectivity index (χ0n) is 11.2. The standard InChI is InChI=1S/C14H17Cl2NO2/c1-14(2,3)19-13(18)12-6-8-4-10(15)11(16)5-9(8)7-17-12/h4-5,12,17H,6-7H2,1-3H3/t12-/m1/s1. The summed E-state index contributed by atoms with van der Waals surface area (Å²) >= 11 is 12.0. The van der Waals surface area contributed by atoms with Crippen LogP contribution in [0.1, 0.15) is 31.9 Å². The molecule has 1 aromatic rings. The average molecular weight is 302 g/mol. The highest BCUT2D eigenvalue weighted by Gasteiger charge is 2.28. The topological polar surface area (TPSA) is 38.3 Å². The molecule has 5 heteroatoms. The second kappa shape index (κ2) is 5.31. The molecule has 0 amide bonds. The van der Waals surface area contributed by atoms with Gasteiger partial charge in [0.1, 0.15) is 11.6 Å². The summed E-state index contributed by atoms with van der Waals surface area (Å²) in [6.45, 7) is 6.17. The molecule has 1 aromatic carbocycles. The van der Waals surface area contributed by atoms with Gasteiger partial charge in [0.25, 0.3) is 0 Å². The number of rotatable bonds is 1. The van der Waals surface area contributed by atoms with Crippen molar-refractivity contribution in [2.45, 2.75) is 45.4 Å². The van der Waals surface area contributed by atoms with Crippen molar-refractivity contribution in [3.8, 4) is 0 Å². The first-order valence-electron chi connectivity index (χ1n) is 6.19. The molecule has 1 N–H and O–H groups in total. The number of ether oxygens (including phenoxy) is 1. The number of benzene rings is 1. The average Bonchev–Trinajstić information content (AvgIpc) is 2.27. The third-order valence-corrected chi connectivity index (χ3v) is 3.62. The van der Waals surface area contributed by atoms with Gasteiger partial charge >= 0.3 is 5.97 Å².